The highest BCUT2D eigenvalue weighted by Crippen LogP contribution is 2.20. The van der Waals surface area contributed by atoms with Crippen molar-refractivity contribution in [2.45, 2.75) is 13.3 Å². The number of hydrogen-bond donors (Lipinski definition) is 0. The number of fused-ring (bicyclic) bond motifs is 1. The monoisotopic (exact) mass is 428 g/mol. The summed E-state index contributed by atoms with van der Waals surface area (Å²) in [6.07, 6.45) is 0.729. The molecular weight excluding hydrogens is 412 g/mol. The Morgan fingerprint density at radius 3 is 1.72 bits per heavy atom. The number of hydrogen-bond acceptors (Lipinski definition) is 0. The maximum Gasteiger partial charge on any atom is 0.159 e. The van der Waals surface area contributed by atoms with Crippen molar-refractivity contribution in [2.24, 2.45) is 0 Å². The first-order valence-corrected chi connectivity index (χ1v) is 9.94. The molecule has 0 aliphatic heterocycles. The molecule has 4 aromatic rings. The molecule has 4 aromatic carbocycles. The van der Waals surface area contributed by atoms with Crippen molar-refractivity contribution in [3.05, 3.63) is 118 Å². The van der Waals surface area contributed by atoms with E-state index in [-0.39, 0.29) is 11.1 Å². The zero-order chi connectivity index (χ0) is 22.7. The molecule has 4 heteroatoms. The van der Waals surface area contributed by atoms with Gasteiger partial charge >= 0.3 is 0 Å². The quantitative estimate of drug-likeness (QED) is 0.232. The van der Waals surface area contributed by atoms with Crippen LogP contribution in [0, 0.1) is 47.0 Å². The van der Waals surface area contributed by atoms with Gasteiger partial charge in [0.05, 0.1) is 11.1 Å². The van der Waals surface area contributed by atoms with E-state index in [0.717, 1.165) is 24.1 Å². The fourth-order valence-corrected chi connectivity index (χ4v) is 3.17. The summed E-state index contributed by atoms with van der Waals surface area (Å²) in [5.74, 6) is 8.25. The van der Waals surface area contributed by atoms with Gasteiger partial charge < -0.3 is 0 Å². The second kappa shape index (κ2) is 9.00. The first-order valence-electron chi connectivity index (χ1n) is 9.94. The van der Waals surface area contributed by atoms with E-state index in [0.29, 0.717) is 21.9 Å². The van der Waals surface area contributed by atoms with Crippen molar-refractivity contribution in [2.75, 3.05) is 0 Å². The minimum Gasteiger partial charge on any atom is -0.206 e. The molecule has 0 aromatic heterocycles. The highest BCUT2D eigenvalue weighted by atomic mass is 19.2. The molecule has 0 N–H and O–H groups in total. The van der Waals surface area contributed by atoms with Crippen molar-refractivity contribution in [3.8, 4) is 23.7 Å². The van der Waals surface area contributed by atoms with Gasteiger partial charge in [0, 0.05) is 11.1 Å². The van der Waals surface area contributed by atoms with Crippen LogP contribution in [0.5, 0.6) is 0 Å². The van der Waals surface area contributed by atoms with Gasteiger partial charge in [0.1, 0.15) is 11.6 Å². The Morgan fingerprint density at radius 1 is 0.531 bits per heavy atom. The van der Waals surface area contributed by atoms with E-state index in [1.54, 1.807) is 30.3 Å². The summed E-state index contributed by atoms with van der Waals surface area (Å²) in [4.78, 5) is 0. The topological polar surface area (TPSA) is 0 Å². The van der Waals surface area contributed by atoms with Crippen molar-refractivity contribution in [1.29, 1.82) is 0 Å². The summed E-state index contributed by atoms with van der Waals surface area (Å²) in [6.45, 7) is 1.94. The highest BCUT2D eigenvalue weighted by Gasteiger charge is 2.05. The Bertz CT molecular complexity index is 1460. The smallest absolute Gasteiger partial charge is 0.159 e. The zero-order valence-electron chi connectivity index (χ0n) is 17.1. The van der Waals surface area contributed by atoms with Crippen LogP contribution in [0.1, 0.15) is 34.7 Å². The predicted octanol–water partition coefficient (Wildman–Crippen LogP) is 6.76. The SMILES string of the molecule is CCc1ccc(C#Cc2ccc(C#Cc3ccc4cc(F)c(F)cc4c3)c(F)c2)c(F)c1. The zero-order valence-corrected chi connectivity index (χ0v) is 17.1. The van der Waals surface area contributed by atoms with Gasteiger partial charge in [0.2, 0.25) is 0 Å². The van der Waals surface area contributed by atoms with Crippen LogP contribution in [0.2, 0.25) is 0 Å². The fraction of sp³-hybridized carbons (Fsp3) is 0.0714. The van der Waals surface area contributed by atoms with Crippen molar-refractivity contribution in [1.82, 2.24) is 0 Å². The molecule has 4 rings (SSSR count). The first kappa shape index (κ1) is 21.2. The molecule has 0 atom stereocenters. The molecule has 0 saturated carbocycles. The number of benzene rings is 4. The third-order valence-electron chi connectivity index (χ3n) is 4.97. The average molecular weight is 428 g/mol. The summed E-state index contributed by atoms with van der Waals surface area (Å²) < 4.78 is 55.3. The molecule has 156 valence electrons. The summed E-state index contributed by atoms with van der Waals surface area (Å²) in [5.41, 5.74) is 2.23. The number of halogens is 4. The number of rotatable bonds is 1. The second-order valence-corrected chi connectivity index (χ2v) is 7.19. The van der Waals surface area contributed by atoms with Crippen molar-refractivity contribution < 1.29 is 17.6 Å². The molecular formula is C28H16F4. The normalized spacial score (nSPS) is 10.3. The molecule has 0 fully saturated rings. The van der Waals surface area contributed by atoms with Gasteiger partial charge in [-0.25, -0.2) is 17.6 Å². The summed E-state index contributed by atoms with van der Waals surface area (Å²) >= 11 is 0. The molecule has 0 aliphatic rings. The van der Waals surface area contributed by atoms with Crippen molar-refractivity contribution in [3.63, 3.8) is 0 Å². The van der Waals surface area contributed by atoms with Crippen LogP contribution in [0.15, 0.2) is 66.7 Å². The first-order chi connectivity index (χ1) is 15.4. The minimum absolute atomic E-state index is 0.166. The standard InChI is InChI=1S/C28H16F4/c1-2-18-3-8-21(25(29)14-18)10-5-20-6-11-22(26(30)15-20)9-4-19-7-12-23-16-27(31)28(32)17-24(23)13-19/h3,6-8,11-17H,2H2,1H3. The van der Waals surface area contributed by atoms with Gasteiger partial charge in [0.25, 0.3) is 0 Å². The van der Waals surface area contributed by atoms with E-state index >= 15 is 0 Å². The highest BCUT2D eigenvalue weighted by molar-refractivity contribution is 5.84. The predicted molar refractivity (Wildman–Crippen MR) is 118 cm³/mol. The van der Waals surface area contributed by atoms with Gasteiger partial charge in [-0.1, -0.05) is 42.7 Å². The molecule has 0 radical (unpaired) electrons. The van der Waals surface area contributed by atoms with Crippen LogP contribution in [-0.4, -0.2) is 0 Å². The second-order valence-electron chi connectivity index (χ2n) is 7.19. The van der Waals surface area contributed by atoms with E-state index in [2.05, 4.69) is 23.7 Å². The van der Waals surface area contributed by atoms with Gasteiger partial charge in [-0.05, 0) is 77.4 Å². The lowest BCUT2D eigenvalue weighted by Crippen LogP contribution is -1.89. The maximum atomic E-state index is 14.5. The van der Waals surface area contributed by atoms with Gasteiger partial charge in [-0.15, -0.1) is 0 Å². The third kappa shape index (κ3) is 4.66. The molecule has 0 aliphatic carbocycles. The van der Waals surface area contributed by atoms with Crippen LogP contribution in [-0.2, 0) is 6.42 Å². The van der Waals surface area contributed by atoms with E-state index in [1.807, 2.05) is 13.0 Å². The Hall–Kier alpha value is -4.02. The number of aryl methyl sites for hydroxylation is 1. The Kier molecular flexibility index (Phi) is 5.97. The maximum absolute atomic E-state index is 14.5. The van der Waals surface area contributed by atoms with E-state index in [9.17, 15) is 17.6 Å². The van der Waals surface area contributed by atoms with Crippen molar-refractivity contribution >= 4 is 10.8 Å². The summed E-state index contributed by atoms with van der Waals surface area (Å²) in [7, 11) is 0. The molecule has 0 spiro atoms. The van der Waals surface area contributed by atoms with Crippen LogP contribution in [0.25, 0.3) is 10.8 Å². The summed E-state index contributed by atoms with van der Waals surface area (Å²) in [6, 6.07) is 16.3. The third-order valence-corrected chi connectivity index (χ3v) is 4.97. The lowest BCUT2D eigenvalue weighted by atomic mass is 10.1. The van der Waals surface area contributed by atoms with E-state index in [1.165, 1.54) is 18.2 Å². The van der Waals surface area contributed by atoms with Crippen LogP contribution >= 0.6 is 0 Å². The fourth-order valence-electron chi connectivity index (χ4n) is 3.17. The molecule has 0 amide bonds. The van der Waals surface area contributed by atoms with E-state index in [4.69, 9.17) is 0 Å². The van der Waals surface area contributed by atoms with Crippen LogP contribution in [0.3, 0.4) is 0 Å². The molecule has 0 heterocycles. The average Bonchev–Trinajstić information content (AvgIpc) is 2.78. The van der Waals surface area contributed by atoms with Crippen LogP contribution < -0.4 is 0 Å². The lowest BCUT2D eigenvalue weighted by molar-refractivity contribution is 0.511. The molecule has 0 unspecified atom stereocenters. The molecule has 0 nitrogen and oxygen atoms in total. The van der Waals surface area contributed by atoms with Gasteiger partial charge in [-0.3, -0.25) is 0 Å². The summed E-state index contributed by atoms with van der Waals surface area (Å²) in [5, 5.41) is 1.05. The van der Waals surface area contributed by atoms with Gasteiger partial charge in [-0.2, -0.15) is 0 Å². The Morgan fingerprint density at radius 2 is 1.09 bits per heavy atom. The lowest BCUT2D eigenvalue weighted by Gasteiger charge is -2.00. The largest absolute Gasteiger partial charge is 0.206 e. The van der Waals surface area contributed by atoms with Crippen LogP contribution in [0.4, 0.5) is 17.6 Å². The molecule has 0 saturated heterocycles. The molecule has 0 bridgehead atoms. The molecule has 32 heavy (non-hydrogen) atoms. The minimum atomic E-state index is -0.938. The van der Waals surface area contributed by atoms with E-state index < -0.39 is 23.3 Å². The van der Waals surface area contributed by atoms with Gasteiger partial charge in [0.15, 0.2) is 11.6 Å². The Labute approximate surface area is 183 Å². The Balaban J connectivity index is 1.57.